The second-order valence-electron chi connectivity index (χ2n) is 6.70. The molecule has 0 radical (unpaired) electrons. The largest absolute Gasteiger partial charge is 0.368 e. The topological polar surface area (TPSA) is 55.1 Å². The number of carbonyl (C=O) groups excluding carboxylic acids is 1. The van der Waals surface area contributed by atoms with E-state index in [1.54, 1.807) is 0 Å². The van der Waals surface area contributed by atoms with Crippen molar-refractivity contribution in [1.29, 1.82) is 0 Å². The van der Waals surface area contributed by atoms with Crippen LogP contribution in [-0.2, 0) is 4.79 Å². The van der Waals surface area contributed by atoms with E-state index in [0.717, 1.165) is 12.0 Å². The Morgan fingerprint density at radius 3 is 2.67 bits per heavy atom. The minimum absolute atomic E-state index is 0.0129. The number of piperidine rings is 1. The maximum Gasteiger partial charge on any atom is 0.234 e. The summed E-state index contributed by atoms with van der Waals surface area (Å²) in [6, 6.07) is 9.22. The van der Waals surface area contributed by atoms with E-state index in [9.17, 15) is 9.18 Å². The van der Waals surface area contributed by atoms with E-state index in [1.807, 2.05) is 37.3 Å². The SMILES string of the molecule is C/C(=C(\F)CC12CC1(C)CC(C(N)=O)N2)c1ccccc1. The van der Waals surface area contributed by atoms with Gasteiger partial charge in [0.05, 0.1) is 6.04 Å². The summed E-state index contributed by atoms with van der Waals surface area (Å²) in [5.74, 6) is -0.450. The number of halogens is 1. The van der Waals surface area contributed by atoms with Crippen molar-refractivity contribution in [2.75, 3.05) is 0 Å². The number of rotatable bonds is 4. The smallest absolute Gasteiger partial charge is 0.234 e. The van der Waals surface area contributed by atoms with E-state index in [1.165, 1.54) is 0 Å². The van der Waals surface area contributed by atoms with Crippen LogP contribution in [0.4, 0.5) is 4.39 Å². The average molecular weight is 288 g/mol. The zero-order valence-corrected chi connectivity index (χ0v) is 12.4. The minimum Gasteiger partial charge on any atom is -0.368 e. The van der Waals surface area contributed by atoms with Gasteiger partial charge in [-0.15, -0.1) is 0 Å². The molecule has 1 saturated heterocycles. The summed E-state index contributed by atoms with van der Waals surface area (Å²) in [5.41, 5.74) is 6.63. The van der Waals surface area contributed by atoms with Crippen molar-refractivity contribution in [2.45, 2.75) is 44.7 Å². The Balaban J connectivity index is 1.80. The summed E-state index contributed by atoms with van der Waals surface area (Å²) in [5, 5.41) is 3.27. The van der Waals surface area contributed by atoms with E-state index in [2.05, 4.69) is 12.2 Å². The molecule has 3 rings (SSSR count). The molecular weight excluding hydrogens is 267 g/mol. The van der Waals surface area contributed by atoms with Crippen LogP contribution < -0.4 is 11.1 Å². The molecule has 21 heavy (non-hydrogen) atoms. The number of amides is 1. The molecule has 0 spiro atoms. The highest BCUT2D eigenvalue weighted by Gasteiger charge is 2.70. The lowest BCUT2D eigenvalue weighted by atomic mass is 9.96. The molecule has 3 N–H and O–H groups in total. The second-order valence-corrected chi connectivity index (χ2v) is 6.70. The quantitative estimate of drug-likeness (QED) is 0.895. The number of hydrogen-bond donors (Lipinski definition) is 2. The third-order valence-electron chi connectivity index (χ3n) is 5.24. The lowest BCUT2D eigenvalue weighted by molar-refractivity contribution is -0.120. The molecule has 1 aliphatic heterocycles. The molecule has 3 unspecified atom stereocenters. The summed E-state index contributed by atoms with van der Waals surface area (Å²) in [6.07, 6.45) is 1.94. The monoisotopic (exact) mass is 288 g/mol. The van der Waals surface area contributed by atoms with Gasteiger partial charge in [0.25, 0.3) is 0 Å². The summed E-state index contributed by atoms with van der Waals surface area (Å²) in [4.78, 5) is 11.3. The first kappa shape index (κ1) is 14.3. The average Bonchev–Trinajstić information content (AvgIpc) is 2.90. The lowest BCUT2D eigenvalue weighted by Gasteiger charge is -2.18. The highest BCUT2D eigenvalue weighted by atomic mass is 19.1. The number of primary amides is 1. The predicted molar refractivity (Wildman–Crippen MR) is 81.0 cm³/mol. The van der Waals surface area contributed by atoms with Crippen LogP contribution in [0.3, 0.4) is 0 Å². The van der Waals surface area contributed by atoms with Gasteiger partial charge in [0.1, 0.15) is 5.83 Å². The van der Waals surface area contributed by atoms with Gasteiger partial charge in [-0.2, -0.15) is 0 Å². The Kier molecular flexibility index (Phi) is 3.17. The number of benzene rings is 1. The maximum atomic E-state index is 14.6. The molecular formula is C17H21FN2O. The van der Waals surface area contributed by atoms with Crippen molar-refractivity contribution in [2.24, 2.45) is 11.1 Å². The van der Waals surface area contributed by atoms with Crippen LogP contribution in [0.15, 0.2) is 36.2 Å². The predicted octanol–water partition coefficient (Wildman–Crippen LogP) is 2.77. The molecule has 1 amide bonds. The van der Waals surface area contributed by atoms with Gasteiger partial charge in [0.15, 0.2) is 0 Å². The van der Waals surface area contributed by atoms with Crippen molar-refractivity contribution in [3.63, 3.8) is 0 Å². The van der Waals surface area contributed by atoms with E-state index >= 15 is 0 Å². The van der Waals surface area contributed by atoms with Crippen LogP contribution in [-0.4, -0.2) is 17.5 Å². The van der Waals surface area contributed by atoms with Gasteiger partial charge in [-0.3, -0.25) is 10.1 Å². The summed E-state index contributed by atoms with van der Waals surface area (Å²) in [7, 11) is 0. The first-order valence-corrected chi connectivity index (χ1v) is 7.35. The number of hydrogen-bond acceptors (Lipinski definition) is 2. The van der Waals surface area contributed by atoms with Gasteiger partial charge < -0.3 is 5.73 Å². The Hall–Kier alpha value is -1.68. The molecule has 0 bridgehead atoms. The number of carbonyl (C=O) groups is 1. The normalized spacial score (nSPS) is 35.1. The van der Waals surface area contributed by atoms with Crippen LogP contribution in [0.2, 0.25) is 0 Å². The second kappa shape index (κ2) is 4.67. The van der Waals surface area contributed by atoms with E-state index in [0.29, 0.717) is 18.4 Å². The standard InChI is InChI=1S/C17H21FN2O/c1-11(12-6-4-3-5-7-12)13(18)8-17-10-16(17,2)9-14(20-17)15(19)21/h3-7,14,20H,8-10H2,1-2H3,(H2,19,21)/b13-11+. The summed E-state index contributed by atoms with van der Waals surface area (Å²) >= 11 is 0. The Bertz CT molecular complexity index is 612. The number of nitrogens with two attached hydrogens (primary N) is 1. The fraction of sp³-hybridized carbons (Fsp3) is 0.471. The first-order chi connectivity index (χ1) is 9.87. The van der Waals surface area contributed by atoms with Crippen molar-refractivity contribution in [3.05, 3.63) is 41.7 Å². The molecule has 1 aromatic rings. The van der Waals surface area contributed by atoms with Gasteiger partial charge in [0, 0.05) is 12.0 Å². The van der Waals surface area contributed by atoms with Gasteiger partial charge in [-0.1, -0.05) is 37.3 Å². The molecule has 2 fully saturated rings. The third kappa shape index (κ3) is 2.27. The molecule has 1 aromatic carbocycles. The summed E-state index contributed by atoms with van der Waals surface area (Å²) in [6.45, 7) is 3.91. The Labute approximate surface area is 124 Å². The van der Waals surface area contributed by atoms with Crippen molar-refractivity contribution >= 4 is 11.5 Å². The Morgan fingerprint density at radius 1 is 1.43 bits per heavy atom. The molecule has 2 aliphatic rings. The van der Waals surface area contributed by atoms with Crippen LogP contribution in [0.25, 0.3) is 5.57 Å². The molecule has 3 nitrogen and oxygen atoms in total. The number of nitrogens with one attached hydrogen (secondary N) is 1. The van der Waals surface area contributed by atoms with Gasteiger partial charge in [0.2, 0.25) is 5.91 Å². The molecule has 0 aromatic heterocycles. The minimum atomic E-state index is -0.341. The summed E-state index contributed by atoms with van der Waals surface area (Å²) < 4.78 is 14.6. The van der Waals surface area contributed by atoms with Gasteiger partial charge in [-0.25, -0.2) is 4.39 Å². The van der Waals surface area contributed by atoms with Gasteiger partial charge in [-0.05, 0) is 36.3 Å². The highest BCUT2D eigenvalue weighted by molar-refractivity contribution is 5.81. The van der Waals surface area contributed by atoms with E-state index in [-0.39, 0.29) is 28.7 Å². The zero-order chi connectivity index (χ0) is 15.3. The molecule has 1 heterocycles. The first-order valence-electron chi connectivity index (χ1n) is 7.35. The zero-order valence-electron chi connectivity index (χ0n) is 12.4. The molecule has 4 heteroatoms. The van der Waals surface area contributed by atoms with Crippen LogP contribution >= 0.6 is 0 Å². The molecule has 1 aliphatic carbocycles. The van der Waals surface area contributed by atoms with E-state index in [4.69, 9.17) is 5.73 Å². The fourth-order valence-electron chi connectivity index (χ4n) is 3.69. The lowest BCUT2D eigenvalue weighted by Crippen LogP contribution is -2.43. The highest BCUT2D eigenvalue weighted by Crippen LogP contribution is 2.65. The number of allylic oxidation sites excluding steroid dienone is 1. The van der Waals surface area contributed by atoms with E-state index < -0.39 is 0 Å². The molecule has 3 atom stereocenters. The van der Waals surface area contributed by atoms with Crippen LogP contribution in [0, 0.1) is 5.41 Å². The Morgan fingerprint density at radius 2 is 2.10 bits per heavy atom. The molecule has 112 valence electrons. The van der Waals surface area contributed by atoms with Gasteiger partial charge >= 0.3 is 0 Å². The van der Waals surface area contributed by atoms with Crippen LogP contribution in [0.5, 0.6) is 0 Å². The molecule has 1 saturated carbocycles. The van der Waals surface area contributed by atoms with Crippen molar-refractivity contribution in [3.8, 4) is 0 Å². The number of fused-ring (bicyclic) bond motifs is 1. The van der Waals surface area contributed by atoms with Crippen LogP contribution in [0.1, 0.15) is 38.7 Å². The van der Waals surface area contributed by atoms with Crippen molar-refractivity contribution in [1.82, 2.24) is 5.32 Å². The fourth-order valence-corrected chi connectivity index (χ4v) is 3.69. The van der Waals surface area contributed by atoms with Crippen molar-refractivity contribution < 1.29 is 9.18 Å². The maximum absolute atomic E-state index is 14.6. The third-order valence-corrected chi connectivity index (χ3v) is 5.24.